The number of benzene rings is 1. The number of H-pyrrole nitrogens is 1. The summed E-state index contributed by atoms with van der Waals surface area (Å²) in [5, 5.41) is 17.8. The van der Waals surface area contributed by atoms with Gasteiger partial charge in [0.25, 0.3) is 0 Å². The Morgan fingerprint density at radius 1 is 0.933 bits per heavy atom. The number of hydrogen-bond donors (Lipinski definition) is 3. The van der Waals surface area contributed by atoms with Crippen LogP contribution in [0, 0.1) is 0 Å². The minimum absolute atomic E-state index is 0.0480. The van der Waals surface area contributed by atoms with Gasteiger partial charge in [0.2, 0.25) is 0 Å². The first kappa shape index (κ1) is 23.6. The lowest BCUT2D eigenvalue weighted by molar-refractivity contribution is -0.141. The lowest BCUT2D eigenvalue weighted by Gasteiger charge is -2.13. The van der Waals surface area contributed by atoms with E-state index in [0.29, 0.717) is 5.82 Å². The van der Waals surface area contributed by atoms with Gasteiger partial charge in [0.15, 0.2) is 0 Å². The van der Waals surface area contributed by atoms with Gasteiger partial charge in [0.05, 0.1) is 19.4 Å². The topological polar surface area (TPSA) is 113 Å². The van der Waals surface area contributed by atoms with Crippen molar-refractivity contribution in [3.05, 3.63) is 53.6 Å². The largest absolute Gasteiger partial charge is 0.481 e. The van der Waals surface area contributed by atoms with Crippen LogP contribution in [0.15, 0.2) is 36.5 Å². The molecule has 1 unspecified atom stereocenters. The molecule has 0 aliphatic rings. The van der Waals surface area contributed by atoms with Crippen LogP contribution in [-0.4, -0.2) is 38.7 Å². The molecule has 1 atom stereocenters. The van der Waals surface area contributed by atoms with Crippen molar-refractivity contribution in [2.45, 2.75) is 70.3 Å². The fourth-order valence-corrected chi connectivity index (χ4v) is 3.35. The number of carboxylic acid groups (broad SMARTS) is 2. The highest BCUT2D eigenvalue weighted by atomic mass is 16.5. The van der Waals surface area contributed by atoms with E-state index < -0.39 is 18.0 Å². The quantitative estimate of drug-likeness (QED) is 0.346. The van der Waals surface area contributed by atoms with Crippen LogP contribution in [0.4, 0.5) is 0 Å². The third-order valence-corrected chi connectivity index (χ3v) is 4.95. The van der Waals surface area contributed by atoms with Crippen molar-refractivity contribution >= 4 is 11.9 Å². The van der Waals surface area contributed by atoms with E-state index in [1.54, 1.807) is 6.20 Å². The Hall–Kier alpha value is -2.67. The maximum Gasteiger partial charge on any atom is 0.306 e. The molecule has 2 rings (SSSR count). The molecule has 1 aromatic heterocycles. The van der Waals surface area contributed by atoms with Gasteiger partial charge in [-0.2, -0.15) is 0 Å². The summed E-state index contributed by atoms with van der Waals surface area (Å²) < 4.78 is 5.42. The number of aliphatic carboxylic acids is 2. The van der Waals surface area contributed by atoms with Crippen molar-refractivity contribution in [2.75, 3.05) is 6.61 Å². The van der Waals surface area contributed by atoms with Crippen LogP contribution in [0.3, 0.4) is 0 Å². The Bertz CT molecular complexity index is 760. The molecular formula is C23H32N2O5. The molecule has 0 spiro atoms. The fourth-order valence-electron chi connectivity index (χ4n) is 3.35. The van der Waals surface area contributed by atoms with Crippen molar-refractivity contribution in [2.24, 2.45) is 0 Å². The van der Waals surface area contributed by atoms with Crippen LogP contribution in [0.25, 0.3) is 0 Å². The number of hydrogen-bond acceptors (Lipinski definition) is 4. The number of aromatic amines is 1. The predicted molar refractivity (Wildman–Crippen MR) is 113 cm³/mol. The molecule has 7 heteroatoms. The molecule has 164 valence electrons. The summed E-state index contributed by atoms with van der Waals surface area (Å²) in [5.74, 6) is -1.55. The lowest BCUT2D eigenvalue weighted by Crippen LogP contribution is -2.14. The zero-order valence-electron chi connectivity index (χ0n) is 17.4. The highest BCUT2D eigenvalue weighted by Gasteiger charge is 2.20. The molecule has 30 heavy (non-hydrogen) atoms. The lowest BCUT2D eigenvalue weighted by atomic mass is 10.0. The van der Waals surface area contributed by atoms with Gasteiger partial charge >= 0.3 is 11.9 Å². The van der Waals surface area contributed by atoms with Crippen LogP contribution in [0.5, 0.6) is 0 Å². The van der Waals surface area contributed by atoms with E-state index in [0.717, 1.165) is 31.4 Å². The van der Waals surface area contributed by atoms with E-state index in [-0.39, 0.29) is 19.4 Å². The van der Waals surface area contributed by atoms with Crippen molar-refractivity contribution in [1.29, 1.82) is 0 Å². The Labute approximate surface area is 177 Å². The molecule has 0 aliphatic carbocycles. The highest BCUT2D eigenvalue weighted by Crippen LogP contribution is 2.20. The Morgan fingerprint density at radius 2 is 1.60 bits per heavy atom. The molecule has 0 radical (unpaired) electrons. The Balaban J connectivity index is 1.62. The summed E-state index contributed by atoms with van der Waals surface area (Å²) >= 11 is 0. The molecular weight excluding hydrogens is 384 g/mol. The second kappa shape index (κ2) is 13.5. The van der Waals surface area contributed by atoms with Crippen LogP contribution < -0.4 is 0 Å². The van der Waals surface area contributed by atoms with Crippen LogP contribution in [-0.2, 0) is 27.2 Å². The summed E-state index contributed by atoms with van der Waals surface area (Å²) in [4.78, 5) is 29.1. The van der Waals surface area contributed by atoms with Crippen LogP contribution in [0.1, 0.15) is 74.6 Å². The molecule has 2 aromatic rings. The normalized spacial score (nSPS) is 12.0. The molecule has 0 amide bonds. The first-order valence-corrected chi connectivity index (χ1v) is 10.7. The molecule has 1 aromatic carbocycles. The SMILES string of the molecule is O=C(O)CCOC(CC(=O)O)c1ncc(CCCCCCCCc2ccccc2)[nH]1. The second-order valence-corrected chi connectivity index (χ2v) is 7.50. The number of aryl methyl sites for hydroxylation is 2. The molecule has 3 N–H and O–H groups in total. The number of imidazole rings is 1. The van der Waals surface area contributed by atoms with Gasteiger partial charge in [-0.1, -0.05) is 56.0 Å². The monoisotopic (exact) mass is 416 g/mol. The third-order valence-electron chi connectivity index (χ3n) is 4.95. The van der Waals surface area contributed by atoms with Gasteiger partial charge < -0.3 is 19.9 Å². The van der Waals surface area contributed by atoms with E-state index >= 15 is 0 Å². The summed E-state index contributed by atoms with van der Waals surface area (Å²) in [6.07, 6.45) is 9.62. The van der Waals surface area contributed by atoms with Gasteiger partial charge in [0, 0.05) is 11.9 Å². The minimum Gasteiger partial charge on any atom is -0.481 e. The number of aromatic nitrogens is 2. The average Bonchev–Trinajstić information content (AvgIpc) is 3.18. The van der Waals surface area contributed by atoms with E-state index in [4.69, 9.17) is 14.9 Å². The molecule has 0 saturated carbocycles. The molecule has 1 heterocycles. The first-order chi connectivity index (χ1) is 14.5. The molecule has 0 aliphatic heterocycles. The van der Waals surface area contributed by atoms with Crippen molar-refractivity contribution < 1.29 is 24.5 Å². The predicted octanol–water partition coefficient (Wildman–Crippen LogP) is 4.54. The van der Waals surface area contributed by atoms with Gasteiger partial charge in [0.1, 0.15) is 11.9 Å². The van der Waals surface area contributed by atoms with Crippen LogP contribution in [0.2, 0.25) is 0 Å². The number of carboxylic acids is 2. The molecule has 7 nitrogen and oxygen atoms in total. The first-order valence-electron chi connectivity index (χ1n) is 10.7. The minimum atomic E-state index is -1.01. The molecule has 0 fully saturated rings. The van der Waals surface area contributed by atoms with Gasteiger partial charge in [-0.15, -0.1) is 0 Å². The Kier molecular flexibility index (Phi) is 10.7. The van der Waals surface area contributed by atoms with Crippen molar-refractivity contribution in [3.8, 4) is 0 Å². The fraction of sp³-hybridized carbons (Fsp3) is 0.522. The van der Waals surface area contributed by atoms with E-state index in [9.17, 15) is 9.59 Å². The summed E-state index contributed by atoms with van der Waals surface area (Å²) in [6, 6.07) is 10.6. The number of ether oxygens (including phenoxy) is 1. The van der Waals surface area contributed by atoms with Crippen molar-refractivity contribution in [3.63, 3.8) is 0 Å². The zero-order valence-corrected chi connectivity index (χ0v) is 17.4. The zero-order chi connectivity index (χ0) is 21.6. The molecule has 0 bridgehead atoms. The van der Waals surface area contributed by atoms with E-state index in [1.165, 1.54) is 31.2 Å². The Morgan fingerprint density at radius 3 is 2.27 bits per heavy atom. The maximum absolute atomic E-state index is 11.0. The van der Waals surface area contributed by atoms with Crippen molar-refractivity contribution in [1.82, 2.24) is 9.97 Å². The average molecular weight is 417 g/mol. The van der Waals surface area contributed by atoms with Gasteiger partial charge in [-0.3, -0.25) is 9.59 Å². The summed E-state index contributed by atoms with van der Waals surface area (Å²) in [5.41, 5.74) is 2.35. The number of nitrogens with one attached hydrogen (secondary N) is 1. The molecule has 0 saturated heterocycles. The highest BCUT2D eigenvalue weighted by molar-refractivity contribution is 5.67. The van der Waals surface area contributed by atoms with Crippen LogP contribution >= 0.6 is 0 Å². The standard InChI is InChI=1S/C23H32N2O5/c26-21(27)14-15-30-20(16-22(28)29)23-24-17-19(25-23)13-9-4-2-1-3-6-10-18-11-7-5-8-12-18/h5,7-8,11-12,17,20H,1-4,6,9-10,13-16H2,(H,24,25)(H,26,27)(H,28,29). The van der Waals surface area contributed by atoms with E-state index in [2.05, 4.69) is 34.2 Å². The van der Waals surface area contributed by atoms with Gasteiger partial charge in [-0.05, 0) is 31.2 Å². The maximum atomic E-state index is 11.0. The summed E-state index contributed by atoms with van der Waals surface area (Å²) in [6.45, 7) is -0.0480. The number of rotatable bonds is 16. The smallest absolute Gasteiger partial charge is 0.306 e. The number of unbranched alkanes of at least 4 members (excludes halogenated alkanes) is 5. The number of nitrogens with zero attached hydrogens (tertiary/aromatic N) is 1. The summed E-state index contributed by atoms with van der Waals surface area (Å²) in [7, 11) is 0. The van der Waals surface area contributed by atoms with Gasteiger partial charge in [-0.25, -0.2) is 4.98 Å². The van der Waals surface area contributed by atoms with E-state index in [1.807, 2.05) is 6.07 Å². The second-order valence-electron chi connectivity index (χ2n) is 7.50. The third kappa shape index (κ3) is 9.69. The number of carbonyl (C=O) groups is 2.